The second-order valence-electron chi connectivity index (χ2n) is 8.81. The summed E-state index contributed by atoms with van der Waals surface area (Å²) in [6.45, 7) is 0. The largest absolute Gasteiger partial charge is 0.321 e. The first-order valence-electron chi connectivity index (χ1n) is 12.2. The van der Waals surface area contributed by atoms with E-state index < -0.39 is 10.8 Å². The van der Waals surface area contributed by atoms with Crippen LogP contribution in [-0.2, 0) is 4.79 Å². The Bertz CT molecular complexity index is 1770. The number of hydrogen-bond acceptors (Lipinski definition) is 4. The predicted octanol–water partition coefficient (Wildman–Crippen LogP) is 8.03. The van der Waals surface area contributed by atoms with Gasteiger partial charge in [0, 0.05) is 33.5 Å². The minimum Gasteiger partial charge on any atom is -0.321 e. The topological polar surface area (TPSA) is 101 Å². The van der Waals surface area contributed by atoms with Crippen LogP contribution < -0.4 is 5.32 Å². The molecule has 8 heteroatoms. The van der Waals surface area contributed by atoms with Crippen molar-refractivity contribution in [2.75, 3.05) is 5.32 Å². The first kappa shape index (κ1) is 26.4. The Kier molecular flexibility index (Phi) is 7.67. The van der Waals surface area contributed by atoms with Crippen LogP contribution >= 0.6 is 15.9 Å². The number of nitro benzene ring substituents is 1. The van der Waals surface area contributed by atoms with Crippen molar-refractivity contribution in [3.63, 3.8) is 0 Å². The van der Waals surface area contributed by atoms with Crippen molar-refractivity contribution in [3.05, 3.63) is 141 Å². The molecule has 0 saturated carbocycles. The number of benzene rings is 4. The fraction of sp³-hybridized carbons (Fsp3) is 0. The lowest BCUT2D eigenvalue weighted by molar-refractivity contribution is -0.384. The molecule has 0 bridgehead atoms. The molecule has 1 amide bonds. The third kappa shape index (κ3) is 5.60. The van der Waals surface area contributed by atoms with Crippen LogP contribution in [0.15, 0.2) is 125 Å². The molecule has 40 heavy (non-hydrogen) atoms. The Morgan fingerprint density at radius 1 is 0.875 bits per heavy atom. The molecule has 0 spiro atoms. The van der Waals surface area contributed by atoms with E-state index in [9.17, 15) is 20.2 Å². The summed E-state index contributed by atoms with van der Waals surface area (Å²) < 4.78 is 2.79. The molecule has 0 unspecified atom stereocenters. The number of non-ortho nitro benzene ring substituents is 1. The molecule has 0 aliphatic carbocycles. The minimum absolute atomic E-state index is 0.0189. The molecule has 194 valence electrons. The lowest BCUT2D eigenvalue weighted by Crippen LogP contribution is -2.13. The van der Waals surface area contributed by atoms with Crippen LogP contribution in [0.1, 0.15) is 5.56 Å². The summed E-state index contributed by atoms with van der Waals surface area (Å²) in [5.74, 6) is -0.538. The summed E-state index contributed by atoms with van der Waals surface area (Å²) in [6.07, 6.45) is 1.57. The lowest BCUT2D eigenvalue weighted by Gasteiger charge is -2.15. The Morgan fingerprint density at radius 3 is 2.12 bits per heavy atom. The molecular weight excluding hydrogens is 568 g/mol. The van der Waals surface area contributed by atoms with E-state index >= 15 is 0 Å². The van der Waals surface area contributed by atoms with Gasteiger partial charge in [0.15, 0.2) is 0 Å². The molecule has 5 rings (SSSR count). The maximum Gasteiger partial charge on any atom is 0.269 e. The van der Waals surface area contributed by atoms with Crippen molar-refractivity contribution in [1.82, 2.24) is 4.57 Å². The number of anilines is 1. The van der Waals surface area contributed by atoms with Gasteiger partial charge in [0.2, 0.25) is 0 Å². The third-order valence-corrected chi connectivity index (χ3v) is 6.71. The highest BCUT2D eigenvalue weighted by Crippen LogP contribution is 2.37. The Labute approximate surface area is 238 Å². The second kappa shape index (κ2) is 11.6. The van der Waals surface area contributed by atoms with Crippen LogP contribution in [-0.4, -0.2) is 15.4 Å². The van der Waals surface area contributed by atoms with Crippen molar-refractivity contribution in [2.45, 2.75) is 0 Å². The first-order chi connectivity index (χ1) is 19.4. The number of aromatic nitrogens is 1. The highest BCUT2D eigenvalue weighted by atomic mass is 79.9. The maximum absolute atomic E-state index is 13.2. The van der Waals surface area contributed by atoms with E-state index in [0.29, 0.717) is 16.9 Å². The molecule has 0 aliphatic rings. The summed E-state index contributed by atoms with van der Waals surface area (Å²) in [5.41, 5.74) is 5.07. The molecule has 7 nitrogen and oxygen atoms in total. The fourth-order valence-corrected chi connectivity index (χ4v) is 4.81. The molecule has 1 N–H and O–H groups in total. The number of amides is 1. The van der Waals surface area contributed by atoms with Crippen LogP contribution in [0, 0.1) is 21.4 Å². The summed E-state index contributed by atoms with van der Waals surface area (Å²) in [6, 6.07) is 36.7. The first-order valence-corrected chi connectivity index (χ1v) is 13.0. The van der Waals surface area contributed by atoms with Gasteiger partial charge < -0.3 is 9.88 Å². The molecule has 5 aromatic rings. The maximum atomic E-state index is 13.2. The number of halogens is 1. The van der Waals surface area contributed by atoms with Gasteiger partial charge in [-0.3, -0.25) is 14.9 Å². The van der Waals surface area contributed by atoms with Crippen LogP contribution in [0.25, 0.3) is 34.3 Å². The lowest BCUT2D eigenvalue weighted by atomic mass is 10.0. The van der Waals surface area contributed by atoms with Crippen LogP contribution in [0.3, 0.4) is 0 Å². The van der Waals surface area contributed by atoms with Gasteiger partial charge >= 0.3 is 0 Å². The van der Waals surface area contributed by atoms with Gasteiger partial charge in [-0.1, -0.05) is 82.7 Å². The van der Waals surface area contributed by atoms with E-state index in [0.717, 1.165) is 27.0 Å². The Hall–Kier alpha value is -5.26. The van der Waals surface area contributed by atoms with E-state index in [2.05, 4.69) is 21.2 Å². The van der Waals surface area contributed by atoms with Gasteiger partial charge in [-0.15, -0.1) is 0 Å². The van der Waals surface area contributed by atoms with Crippen LogP contribution in [0.2, 0.25) is 0 Å². The SMILES string of the molecule is N#C/C(=C\c1cc(-c2ccccc2)n(-c2ccc([N+](=O)[O-])cc2)c1-c1ccccc1)C(=O)Nc1cccc(Br)c1. The summed E-state index contributed by atoms with van der Waals surface area (Å²) in [7, 11) is 0. The molecule has 0 radical (unpaired) electrons. The van der Waals surface area contributed by atoms with Crippen molar-refractivity contribution in [2.24, 2.45) is 0 Å². The highest BCUT2D eigenvalue weighted by Gasteiger charge is 2.21. The summed E-state index contributed by atoms with van der Waals surface area (Å²) in [4.78, 5) is 24.0. The number of nitrogens with one attached hydrogen (secondary N) is 1. The van der Waals surface area contributed by atoms with E-state index in [-0.39, 0.29) is 11.3 Å². The molecular formula is C32H21BrN4O3. The number of nitro groups is 1. The number of carbonyl (C=O) groups is 1. The predicted molar refractivity (Wildman–Crippen MR) is 160 cm³/mol. The number of hydrogen-bond donors (Lipinski definition) is 1. The zero-order valence-electron chi connectivity index (χ0n) is 21.0. The van der Waals surface area contributed by atoms with Crippen LogP contribution in [0.4, 0.5) is 11.4 Å². The normalized spacial score (nSPS) is 11.1. The quantitative estimate of drug-likeness (QED) is 0.0899. The molecule has 0 aliphatic heterocycles. The van der Waals surface area contributed by atoms with Crippen LogP contribution in [0.5, 0.6) is 0 Å². The molecule has 0 saturated heterocycles. The number of rotatable bonds is 7. The van der Waals surface area contributed by atoms with Gasteiger partial charge in [-0.25, -0.2) is 0 Å². The summed E-state index contributed by atoms with van der Waals surface area (Å²) >= 11 is 3.39. The number of carbonyl (C=O) groups excluding carboxylic acids is 1. The standard InChI is InChI=1S/C32H21BrN4O3/c33-26-12-7-13-27(20-26)35-32(38)25(21-34)18-24-19-30(22-8-3-1-4-9-22)36(31(24)23-10-5-2-6-11-23)28-14-16-29(17-15-28)37(39)40/h1-20H,(H,35,38)/b25-18+. The molecule has 1 heterocycles. The Morgan fingerprint density at radius 2 is 1.52 bits per heavy atom. The Balaban J connectivity index is 1.72. The number of nitrogens with zero attached hydrogens (tertiary/aromatic N) is 3. The zero-order valence-corrected chi connectivity index (χ0v) is 22.6. The van der Waals surface area contributed by atoms with Gasteiger partial charge in [0.05, 0.1) is 16.3 Å². The van der Waals surface area contributed by atoms with Gasteiger partial charge in [0.25, 0.3) is 11.6 Å². The average molecular weight is 589 g/mol. The average Bonchev–Trinajstić information content (AvgIpc) is 3.36. The van der Waals surface area contributed by atoms with E-state index in [4.69, 9.17) is 0 Å². The molecule has 4 aromatic carbocycles. The zero-order chi connectivity index (χ0) is 28.1. The van der Waals surface area contributed by atoms with Gasteiger partial charge in [-0.05, 0) is 53.6 Å². The molecule has 0 atom stereocenters. The number of nitriles is 1. The molecule has 1 aromatic heterocycles. The van der Waals surface area contributed by atoms with Crippen molar-refractivity contribution >= 4 is 39.3 Å². The second-order valence-corrected chi connectivity index (χ2v) is 9.72. The van der Waals surface area contributed by atoms with E-state index in [1.807, 2.05) is 83.4 Å². The van der Waals surface area contributed by atoms with Crippen molar-refractivity contribution in [1.29, 1.82) is 5.26 Å². The minimum atomic E-state index is -0.538. The third-order valence-electron chi connectivity index (χ3n) is 6.21. The van der Waals surface area contributed by atoms with Gasteiger partial charge in [0.1, 0.15) is 11.6 Å². The van der Waals surface area contributed by atoms with Crippen molar-refractivity contribution < 1.29 is 9.72 Å². The van der Waals surface area contributed by atoms with Gasteiger partial charge in [-0.2, -0.15) is 5.26 Å². The fourth-order valence-electron chi connectivity index (χ4n) is 4.41. The van der Waals surface area contributed by atoms with E-state index in [1.165, 1.54) is 12.1 Å². The van der Waals surface area contributed by atoms with E-state index in [1.54, 1.807) is 36.4 Å². The van der Waals surface area contributed by atoms with Crippen molar-refractivity contribution in [3.8, 4) is 34.3 Å². The smallest absolute Gasteiger partial charge is 0.269 e. The molecule has 0 fully saturated rings. The monoisotopic (exact) mass is 588 g/mol. The highest BCUT2D eigenvalue weighted by molar-refractivity contribution is 9.10. The summed E-state index contributed by atoms with van der Waals surface area (Å²) in [5, 5.41) is 24.1.